The average molecular weight is 478 g/mol. The third-order valence-corrected chi connectivity index (χ3v) is 5.20. The molecule has 0 aliphatic carbocycles. The molecule has 35 heavy (non-hydrogen) atoms. The van der Waals surface area contributed by atoms with Crippen molar-refractivity contribution in [1.29, 1.82) is 0 Å². The molecule has 0 saturated heterocycles. The number of nitrogens with zero attached hydrogens (tertiary/aromatic N) is 3. The number of anilines is 2. The second kappa shape index (κ2) is 10.3. The predicted octanol–water partition coefficient (Wildman–Crippen LogP) is 5.73. The Morgan fingerprint density at radius 3 is 2.34 bits per heavy atom. The van der Waals surface area contributed by atoms with Crippen molar-refractivity contribution in [3.8, 4) is 0 Å². The van der Waals surface area contributed by atoms with E-state index in [9.17, 15) is 9.59 Å². The van der Waals surface area contributed by atoms with Crippen molar-refractivity contribution in [2.45, 2.75) is 72.4 Å². The molecule has 2 amide bonds. The molecule has 0 unspecified atom stereocenters. The summed E-state index contributed by atoms with van der Waals surface area (Å²) in [6, 6.07) is 12.9. The van der Waals surface area contributed by atoms with Crippen molar-refractivity contribution in [2.75, 3.05) is 10.6 Å². The molecular formula is C27H35N5O3. The molecule has 0 saturated carbocycles. The van der Waals surface area contributed by atoms with Crippen LogP contribution in [0, 0.1) is 6.92 Å². The first kappa shape index (κ1) is 25.9. The number of hydrogen-bond acceptors (Lipinski definition) is 5. The summed E-state index contributed by atoms with van der Waals surface area (Å²) in [4.78, 5) is 28.8. The standard InChI is InChI=1S/C27H35N5O3/c1-18-11-13-20(29-25(34)35-27(5,6)7)16-19(18)12-14-21-17-23(31-32(21)26(2,3)4)30-24(33)22-10-8-9-15-28-22/h8-11,13,15-17H,12,14H2,1-7H3,(H,29,34)(H,30,31,33). The van der Waals surface area contributed by atoms with Gasteiger partial charge in [-0.25, -0.2) is 4.79 Å². The molecule has 3 rings (SSSR count). The summed E-state index contributed by atoms with van der Waals surface area (Å²) in [6.07, 6.45) is 2.56. The highest BCUT2D eigenvalue weighted by molar-refractivity contribution is 6.02. The molecule has 2 heterocycles. The van der Waals surface area contributed by atoms with Crippen molar-refractivity contribution in [3.63, 3.8) is 0 Å². The highest BCUT2D eigenvalue weighted by atomic mass is 16.6. The molecule has 0 fully saturated rings. The minimum absolute atomic E-state index is 0.265. The number of rotatable bonds is 6. The molecule has 3 aromatic rings. The second-order valence-electron chi connectivity index (χ2n) is 10.5. The Morgan fingerprint density at radius 1 is 0.971 bits per heavy atom. The van der Waals surface area contributed by atoms with Gasteiger partial charge in [0.15, 0.2) is 5.82 Å². The summed E-state index contributed by atoms with van der Waals surface area (Å²) in [6.45, 7) is 13.8. The van der Waals surface area contributed by atoms with E-state index in [1.807, 2.05) is 56.6 Å². The number of pyridine rings is 1. The summed E-state index contributed by atoms with van der Waals surface area (Å²) in [5, 5.41) is 10.3. The van der Waals surface area contributed by atoms with Crippen LogP contribution in [0.15, 0.2) is 48.7 Å². The lowest BCUT2D eigenvalue weighted by atomic mass is 10.0. The van der Waals surface area contributed by atoms with Crippen LogP contribution in [0.5, 0.6) is 0 Å². The normalized spacial score (nSPS) is 11.7. The molecule has 0 radical (unpaired) electrons. The van der Waals surface area contributed by atoms with Crippen LogP contribution in [0.4, 0.5) is 16.3 Å². The topological polar surface area (TPSA) is 98.1 Å². The van der Waals surface area contributed by atoms with Gasteiger partial charge in [-0.1, -0.05) is 12.1 Å². The van der Waals surface area contributed by atoms with Gasteiger partial charge in [0.2, 0.25) is 0 Å². The van der Waals surface area contributed by atoms with Gasteiger partial charge in [0.25, 0.3) is 5.91 Å². The largest absolute Gasteiger partial charge is 0.444 e. The van der Waals surface area contributed by atoms with Crippen molar-refractivity contribution in [3.05, 3.63) is 71.2 Å². The van der Waals surface area contributed by atoms with E-state index in [1.165, 1.54) is 0 Å². The Labute approximate surface area is 207 Å². The van der Waals surface area contributed by atoms with Crippen molar-refractivity contribution >= 4 is 23.5 Å². The molecule has 0 spiro atoms. The van der Waals surface area contributed by atoms with Gasteiger partial charge in [0.05, 0.1) is 5.54 Å². The highest BCUT2D eigenvalue weighted by Gasteiger charge is 2.21. The van der Waals surface area contributed by atoms with Gasteiger partial charge in [-0.3, -0.25) is 19.8 Å². The van der Waals surface area contributed by atoms with E-state index < -0.39 is 11.7 Å². The Hall–Kier alpha value is -3.68. The molecule has 0 atom stereocenters. The van der Waals surface area contributed by atoms with Crippen LogP contribution in [-0.4, -0.2) is 32.4 Å². The number of carbonyl (C=O) groups is 2. The summed E-state index contributed by atoms with van der Waals surface area (Å²) >= 11 is 0. The van der Waals surface area contributed by atoms with Crippen LogP contribution in [0.25, 0.3) is 0 Å². The van der Waals surface area contributed by atoms with E-state index in [0.29, 0.717) is 23.6 Å². The van der Waals surface area contributed by atoms with Crippen LogP contribution in [0.1, 0.15) is 68.9 Å². The Morgan fingerprint density at radius 2 is 1.71 bits per heavy atom. The van der Waals surface area contributed by atoms with Gasteiger partial charge in [-0.05, 0) is 96.7 Å². The molecule has 0 aliphatic rings. The molecule has 2 aromatic heterocycles. The lowest BCUT2D eigenvalue weighted by Crippen LogP contribution is -2.27. The minimum Gasteiger partial charge on any atom is -0.444 e. The van der Waals surface area contributed by atoms with E-state index in [4.69, 9.17) is 4.74 Å². The summed E-state index contributed by atoms with van der Waals surface area (Å²) in [7, 11) is 0. The number of hydrogen-bond donors (Lipinski definition) is 2. The average Bonchev–Trinajstić information content (AvgIpc) is 3.16. The number of ether oxygens (including phenoxy) is 1. The molecule has 1 aromatic carbocycles. The smallest absolute Gasteiger partial charge is 0.412 e. The third kappa shape index (κ3) is 7.40. The fourth-order valence-electron chi connectivity index (χ4n) is 3.62. The molecule has 8 nitrogen and oxygen atoms in total. The van der Waals surface area contributed by atoms with E-state index in [1.54, 1.807) is 24.4 Å². The zero-order chi connectivity index (χ0) is 25.8. The predicted molar refractivity (Wildman–Crippen MR) is 138 cm³/mol. The maximum absolute atomic E-state index is 12.6. The Bertz CT molecular complexity index is 1190. The summed E-state index contributed by atoms with van der Waals surface area (Å²) in [5.41, 5.74) is 3.44. The minimum atomic E-state index is -0.563. The van der Waals surface area contributed by atoms with Crippen LogP contribution in [0.3, 0.4) is 0 Å². The van der Waals surface area contributed by atoms with E-state index in [-0.39, 0.29) is 11.4 Å². The van der Waals surface area contributed by atoms with Gasteiger partial charge in [0.1, 0.15) is 11.3 Å². The third-order valence-electron chi connectivity index (χ3n) is 5.20. The van der Waals surface area contributed by atoms with Crippen LogP contribution in [0.2, 0.25) is 0 Å². The number of aromatic nitrogens is 3. The maximum atomic E-state index is 12.6. The molecule has 0 aliphatic heterocycles. The zero-order valence-electron chi connectivity index (χ0n) is 21.6. The fraction of sp³-hybridized carbons (Fsp3) is 0.407. The van der Waals surface area contributed by atoms with Gasteiger partial charge in [-0.15, -0.1) is 0 Å². The molecule has 186 valence electrons. The van der Waals surface area contributed by atoms with Crippen molar-refractivity contribution < 1.29 is 14.3 Å². The number of amides is 2. The lowest BCUT2D eigenvalue weighted by molar-refractivity contribution is 0.0635. The van der Waals surface area contributed by atoms with Gasteiger partial charge in [0, 0.05) is 23.6 Å². The number of aryl methyl sites for hydroxylation is 3. The number of carbonyl (C=O) groups excluding carboxylic acids is 2. The first-order valence-corrected chi connectivity index (χ1v) is 11.7. The summed E-state index contributed by atoms with van der Waals surface area (Å²) in [5.74, 6) is 0.190. The van der Waals surface area contributed by atoms with E-state index >= 15 is 0 Å². The molecule has 2 N–H and O–H groups in total. The fourth-order valence-corrected chi connectivity index (χ4v) is 3.62. The van der Waals surface area contributed by atoms with Crippen molar-refractivity contribution in [1.82, 2.24) is 14.8 Å². The SMILES string of the molecule is Cc1ccc(NC(=O)OC(C)(C)C)cc1CCc1cc(NC(=O)c2ccccn2)nn1C(C)(C)C. The van der Waals surface area contributed by atoms with Crippen LogP contribution in [-0.2, 0) is 23.1 Å². The van der Waals surface area contributed by atoms with E-state index in [0.717, 1.165) is 23.2 Å². The highest BCUT2D eigenvalue weighted by Crippen LogP contribution is 2.24. The quantitative estimate of drug-likeness (QED) is 0.473. The maximum Gasteiger partial charge on any atom is 0.412 e. The number of nitrogens with one attached hydrogen (secondary N) is 2. The summed E-state index contributed by atoms with van der Waals surface area (Å²) < 4.78 is 7.30. The Balaban J connectivity index is 1.76. The van der Waals surface area contributed by atoms with Gasteiger partial charge in [-0.2, -0.15) is 5.10 Å². The molecule has 0 bridgehead atoms. The zero-order valence-corrected chi connectivity index (χ0v) is 21.6. The van der Waals surface area contributed by atoms with Gasteiger partial charge < -0.3 is 10.1 Å². The van der Waals surface area contributed by atoms with E-state index in [2.05, 4.69) is 41.5 Å². The monoisotopic (exact) mass is 477 g/mol. The number of benzene rings is 1. The van der Waals surface area contributed by atoms with Gasteiger partial charge >= 0.3 is 6.09 Å². The first-order valence-electron chi connectivity index (χ1n) is 11.7. The molecular weight excluding hydrogens is 442 g/mol. The lowest BCUT2D eigenvalue weighted by Gasteiger charge is -2.22. The van der Waals surface area contributed by atoms with Crippen LogP contribution >= 0.6 is 0 Å². The van der Waals surface area contributed by atoms with Crippen LogP contribution < -0.4 is 10.6 Å². The van der Waals surface area contributed by atoms with Crippen molar-refractivity contribution in [2.24, 2.45) is 0 Å². The first-order chi connectivity index (χ1) is 16.3. The molecule has 8 heteroatoms. The second-order valence-corrected chi connectivity index (χ2v) is 10.5. The Kier molecular flexibility index (Phi) is 7.63.